The van der Waals surface area contributed by atoms with Crippen molar-refractivity contribution in [3.8, 4) is 0 Å². The van der Waals surface area contributed by atoms with Gasteiger partial charge in [-0.1, -0.05) is 26.7 Å². The Hall–Kier alpha value is -0.210. The summed E-state index contributed by atoms with van der Waals surface area (Å²) < 4.78 is 45.0. The van der Waals surface area contributed by atoms with E-state index in [2.05, 4.69) is 11.1 Å². The standard InChI is InChI=1S/C11H22O6S/c1-3-4-5-6-10-15-7-11(2,8-16-10)9-17-18(12,13)14/h10H,3-9H2,1-2H3,(H,12,13,14). The molecule has 0 atom stereocenters. The third-order valence-electron chi connectivity index (χ3n) is 2.84. The second kappa shape index (κ2) is 6.81. The van der Waals surface area contributed by atoms with Gasteiger partial charge in [0, 0.05) is 5.41 Å². The van der Waals surface area contributed by atoms with Crippen molar-refractivity contribution < 1.29 is 26.6 Å². The lowest BCUT2D eigenvalue weighted by molar-refractivity contribution is -0.233. The van der Waals surface area contributed by atoms with Crippen molar-refractivity contribution in [2.75, 3.05) is 19.8 Å². The molecule has 0 amide bonds. The van der Waals surface area contributed by atoms with E-state index in [4.69, 9.17) is 14.0 Å². The molecule has 1 aliphatic rings. The molecule has 0 bridgehead atoms. The quantitative estimate of drug-likeness (QED) is 0.566. The molecule has 1 heterocycles. The maximum atomic E-state index is 10.5. The molecular weight excluding hydrogens is 260 g/mol. The van der Waals surface area contributed by atoms with Crippen molar-refractivity contribution in [1.29, 1.82) is 0 Å². The lowest BCUT2D eigenvalue weighted by atomic mass is 9.93. The van der Waals surface area contributed by atoms with Crippen molar-refractivity contribution in [2.45, 2.75) is 45.8 Å². The SMILES string of the molecule is CCCCCC1OCC(C)(COS(=O)(=O)O)CO1. The Balaban J connectivity index is 2.28. The topological polar surface area (TPSA) is 82.1 Å². The van der Waals surface area contributed by atoms with Crippen LogP contribution in [0.2, 0.25) is 0 Å². The minimum absolute atomic E-state index is 0.145. The van der Waals surface area contributed by atoms with Crippen LogP contribution in [0.1, 0.15) is 39.5 Å². The zero-order valence-electron chi connectivity index (χ0n) is 10.9. The van der Waals surface area contributed by atoms with Crippen LogP contribution < -0.4 is 0 Å². The fourth-order valence-corrected chi connectivity index (χ4v) is 2.14. The van der Waals surface area contributed by atoms with Crippen LogP contribution in [0.4, 0.5) is 0 Å². The fourth-order valence-electron chi connectivity index (χ4n) is 1.71. The molecule has 0 spiro atoms. The van der Waals surface area contributed by atoms with Gasteiger partial charge in [-0.3, -0.25) is 4.55 Å². The second-order valence-electron chi connectivity index (χ2n) is 5.05. The number of rotatable bonds is 7. The van der Waals surface area contributed by atoms with Crippen LogP contribution in [0.15, 0.2) is 0 Å². The first-order chi connectivity index (χ1) is 8.35. The van der Waals surface area contributed by atoms with Crippen molar-refractivity contribution in [2.24, 2.45) is 5.41 Å². The van der Waals surface area contributed by atoms with Gasteiger partial charge in [-0.2, -0.15) is 8.42 Å². The van der Waals surface area contributed by atoms with E-state index in [9.17, 15) is 8.42 Å². The Kier molecular flexibility index (Phi) is 6.00. The Morgan fingerprint density at radius 1 is 1.33 bits per heavy atom. The molecule has 1 aliphatic heterocycles. The van der Waals surface area contributed by atoms with E-state index >= 15 is 0 Å². The van der Waals surface area contributed by atoms with E-state index in [1.807, 2.05) is 0 Å². The molecule has 0 unspecified atom stereocenters. The van der Waals surface area contributed by atoms with Crippen molar-refractivity contribution in [3.05, 3.63) is 0 Å². The summed E-state index contributed by atoms with van der Waals surface area (Å²) in [5.41, 5.74) is -0.545. The lowest BCUT2D eigenvalue weighted by Crippen LogP contribution is -2.43. The predicted molar refractivity (Wildman–Crippen MR) is 65.4 cm³/mol. The average Bonchev–Trinajstić information content (AvgIpc) is 2.29. The molecule has 0 saturated carbocycles. The van der Waals surface area contributed by atoms with Crippen LogP contribution in [0, 0.1) is 5.41 Å². The molecule has 7 heteroatoms. The van der Waals surface area contributed by atoms with E-state index < -0.39 is 15.8 Å². The highest BCUT2D eigenvalue weighted by atomic mass is 32.3. The maximum absolute atomic E-state index is 10.5. The van der Waals surface area contributed by atoms with Crippen LogP contribution in [-0.4, -0.2) is 39.1 Å². The van der Waals surface area contributed by atoms with Gasteiger partial charge in [0.15, 0.2) is 6.29 Å². The highest BCUT2D eigenvalue weighted by molar-refractivity contribution is 7.80. The summed E-state index contributed by atoms with van der Waals surface area (Å²) in [6.45, 7) is 4.50. The van der Waals surface area contributed by atoms with Gasteiger partial charge in [0.1, 0.15) is 0 Å². The minimum Gasteiger partial charge on any atom is -0.352 e. The molecule has 1 fully saturated rings. The maximum Gasteiger partial charge on any atom is 0.397 e. The van der Waals surface area contributed by atoms with Gasteiger partial charge < -0.3 is 9.47 Å². The predicted octanol–water partition coefficient (Wildman–Crippen LogP) is 1.77. The highest BCUT2D eigenvalue weighted by Gasteiger charge is 2.34. The monoisotopic (exact) mass is 282 g/mol. The normalized spacial score (nSPS) is 29.4. The summed E-state index contributed by atoms with van der Waals surface area (Å²) in [6, 6.07) is 0. The van der Waals surface area contributed by atoms with Gasteiger partial charge >= 0.3 is 10.4 Å². The first kappa shape index (κ1) is 15.8. The van der Waals surface area contributed by atoms with Crippen LogP contribution in [-0.2, 0) is 24.1 Å². The van der Waals surface area contributed by atoms with Crippen molar-refractivity contribution in [1.82, 2.24) is 0 Å². The Morgan fingerprint density at radius 2 is 1.94 bits per heavy atom. The largest absolute Gasteiger partial charge is 0.397 e. The third-order valence-corrected chi connectivity index (χ3v) is 3.25. The number of ether oxygens (including phenoxy) is 2. The minimum atomic E-state index is -4.40. The van der Waals surface area contributed by atoms with Gasteiger partial charge in [0.05, 0.1) is 19.8 Å². The van der Waals surface area contributed by atoms with E-state index in [0.717, 1.165) is 25.7 Å². The number of hydrogen-bond donors (Lipinski definition) is 1. The zero-order chi connectivity index (χ0) is 13.6. The molecule has 0 aliphatic carbocycles. The Morgan fingerprint density at radius 3 is 2.44 bits per heavy atom. The van der Waals surface area contributed by atoms with Gasteiger partial charge in [-0.25, -0.2) is 4.18 Å². The van der Waals surface area contributed by atoms with Gasteiger partial charge in [-0.05, 0) is 12.8 Å². The van der Waals surface area contributed by atoms with E-state index in [0.29, 0.717) is 13.2 Å². The van der Waals surface area contributed by atoms with Crippen molar-refractivity contribution in [3.63, 3.8) is 0 Å². The van der Waals surface area contributed by atoms with Crippen LogP contribution in [0.3, 0.4) is 0 Å². The summed E-state index contributed by atoms with van der Waals surface area (Å²) in [4.78, 5) is 0. The van der Waals surface area contributed by atoms with E-state index in [1.54, 1.807) is 6.92 Å². The van der Waals surface area contributed by atoms with Gasteiger partial charge in [0.2, 0.25) is 0 Å². The zero-order valence-corrected chi connectivity index (χ0v) is 11.7. The highest BCUT2D eigenvalue weighted by Crippen LogP contribution is 2.26. The number of hydrogen-bond acceptors (Lipinski definition) is 5. The molecule has 1 N–H and O–H groups in total. The smallest absolute Gasteiger partial charge is 0.352 e. The lowest BCUT2D eigenvalue weighted by Gasteiger charge is -2.36. The summed E-state index contributed by atoms with van der Waals surface area (Å²) in [6.07, 6.45) is 3.98. The van der Waals surface area contributed by atoms with Gasteiger partial charge in [0.25, 0.3) is 0 Å². The molecule has 108 valence electrons. The Labute approximate surface area is 109 Å². The summed E-state index contributed by atoms with van der Waals surface area (Å²) in [5, 5.41) is 0. The first-order valence-corrected chi connectivity index (χ1v) is 7.56. The molecule has 0 aromatic carbocycles. The molecule has 0 aromatic heterocycles. The molecule has 1 rings (SSSR count). The molecule has 0 aromatic rings. The molecule has 6 nitrogen and oxygen atoms in total. The van der Waals surface area contributed by atoms with Gasteiger partial charge in [-0.15, -0.1) is 0 Å². The summed E-state index contributed by atoms with van der Waals surface area (Å²) >= 11 is 0. The fraction of sp³-hybridized carbons (Fsp3) is 1.00. The second-order valence-corrected chi connectivity index (χ2v) is 6.14. The van der Waals surface area contributed by atoms with E-state index in [1.165, 1.54) is 0 Å². The summed E-state index contributed by atoms with van der Waals surface area (Å²) in [5.74, 6) is 0. The van der Waals surface area contributed by atoms with E-state index in [-0.39, 0.29) is 12.9 Å². The third kappa shape index (κ3) is 6.10. The first-order valence-electron chi connectivity index (χ1n) is 6.20. The van der Waals surface area contributed by atoms with Crippen LogP contribution >= 0.6 is 0 Å². The molecule has 1 saturated heterocycles. The number of unbranched alkanes of at least 4 members (excludes halogenated alkanes) is 2. The molecular formula is C11H22O6S. The Bertz CT molecular complexity index is 331. The molecule has 18 heavy (non-hydrogen) atoms. The summed E-state index contributed by atoms with van der Waals surface area (Å²) in [7, 11) is -4.40. The van der Waals surface area contributed by atoms with Crippen molar-refractivity contribution >= 4 is 10.4 Å². The molecule has 0 radical (unpaired) electrons. The van der Waals surface area contributed by atoms with Crippen LogP contribution in [0.25, 0.3) is 0 Å². The van der Waals surface area contributed by atoms with Crippen LogP contribution in [0.5, 0.6) is 0 Å². The average molecular weight is 282 g/mol.